The summed E-state index contributed by atoms with van der Waals surface area (Å²) in [5.41, 5.74) is 2.86. The highest BCUT2D eigenvalue weighted by atomic mass is 14.9. The van der Waals surface area contributed by atoms with Crippen LogP contribution in [0.2, 0.25) is 0 Å². The number of nitrogens with one attached hydrogen (secondary N) is 1. The van der Waals surface area contributed by atoms with Gasteiger partial charge >= 0.3 is 0 Å². The summed E-state index contributed by atoms with van der Waals surface area (Å²) in [6.07, 6.45) is 3.83. The van der Waals surface area contributed by atoms with Crippen LogP contribution < -0.4 is 5.32 Å². The second-order valence-corrected chi connectivity index (χ2v) is 5.63. The van der Waals surface area contributed by atoms with Crippen molar-refractivity contribution in [1.29, 1.82) is 0 Å². The van der Waals surface area contributed by atoms with E-state index in [0.717, 1.165) is 18.4 Å². The Hall–Kier alpha value is -0.820. The van der Waals surface area contributed by atoms with Crippen molar-refractivity contribution in [3.8, 4) is 0 Å². The fraction of sp³-hybridized carbons (Fsp3) is 0.625. The second-order valence-electron chi connectivity index (χ2n) is 5.63. The third-order valence-corrected chi connectivity index (χ3v) is 3.88. The normalized spacial score (nSPS) is 24.6. The molecule has 0 amide bonds. The summed E-state index contributed by atoms with van der Waals surface area (Å²) < 4.78 is 0. The zero-order chi connectivity index (χ0) is 12.3. The Morgan fingerprint density at radius 3 is 2.76 bits per heavy atom. The molecule has 0 saturated heterocycles. The van der Waals surface area contributed by atoms with Crippen LogP contribution in [0.3, 0.4) is 0 Å². The summed E-state index contributed by atoms with van der Waals surface area (Å²) in [6, 6.07) is 9.64. The molecule has 0 radical (unpaired) electrons. The SMILES string of the molecule is CCCNC(Cc1cccc(C)c1)C1CC1C. The molecule has 17 heavy (non-hydrogen) atoms. The van der Waals surface area contributed by atoms with Crippen LogP contribution in [0.5, 0.6) is 0 Å². The monoisotopic (exact) mass is 231 g/mol. The van der Waals surface area contributed by atoms with E-state index in [1.165, 1.54) is 30.4 Å². The van der Waals surface area contributed by atoms with Gasteiger partial charge in [-0.05, 0) is 50.1 Å². The first-order chi connectivity index (χ1) is 8.20. The van der Waals surface area contributed by atoms with Crippen molar-refractivity contribution >= 4 is 0 Å². The highest BCUT2D eigenvalue weighted by Crippen LogP contribution is 2.41. The molecule has 2 rings (SSSR count). The van der Waals surface area contributed by atoms with E-state index >= 15 is 0 Å². The van der Waals surface area contributed by atoms with E-state index in [-0.39, 0.29) is 0 Å². The van der Waals surface area contributed by atoms with Crippen LogP contribution in [0.15, 0.2) is 24.3 Å². The van der Waals surface area contributed by atoms with Crippen LogP contribution in [0.1, 0.15) is 37.8 Å². The van der Waals surface area contributed by atoms with Gasteiger partial charge in [0.15, 0.2) is 0 Å². The zero-order valence-corrected chi connectivity index (χ0v) is 11.4. The molecule has 1 saturated carbocycles. The minimum atomic E-state index is 0.687. The van der Waals surface area contributed by atoms with E-state index in [1.807, 2.05) is 0 Å². The molecule has 0 bridgehead atoms. The Morgan fingerprint density at radius 1 is 1.41 bits per heavy atom. The van der Waals surface area contributed by atoms with Gasteiger partial charge in [0, 0.05) is 6.04 Å². The Labute approximate surface area is 106 Å². The molecule has 0 aromatic heterocycles. The predicted molar refractivity (Wildman–Crippen MR) is 74.2 cm³/mol. The molecular formula is C16H25N. The topological polar surface area (TPSA) is 12.0 Å². The highest BCUT2D eigenvalue weighted by molar-refractivity contribution is 5.23. The lowest BCUT2D eigenvalue weighted by atomic mass is 9.99. The van der Waals surface area contributed by atoms with Gasteiger partial charge in [0.2, 0.25) is 0 Å². The van der Waals surface area contributed by atoms with Crippen molar-refractivity contribution in [3.63, 3.8) is 0 Å². The summed E-state index contributed by atoms with van der Waals surface area (Å²) in [5, 5.41) is 3.73. The number of hydrogen-bond acceptors (Lipinski definition) is 1. The van der Waals surface area contributed by atoms with Gasteiger partial charge in [-0.15, -0.1) is 0 Å². The minimum absolute atomic E-state index is 0.687. The maximum atomic E-state index is 3.73. The Morgan fingerprint density at radius 2 is 2.18 bits per heavy atom. The van der Waals surface area contributed by atoms with Gasteiger partial charge in [0.05, 0.1) is 0 Å². The van der Waals surface area contributed by atoms with Crippen molar-refractivity contribution < 1.29 is 0 Å². The van der Waals surface area contributed by atoms with E-state index in [4.69, 9.17) is 0 Å². The predicted octanol–water partition coefficient (Wildman–Crippen LogP) is 3.56. The summed E-state index contributed by atoms with van der Waals surface area (Å²) in [5.74, 6) is 1.83. The summed E-state index contributed by atoms with van der Waals surface area (Å²) in [4.78, 5) is 0. The third-order valence-electron chi connectivity index (χ3n) is 3.88. The number of benzene rings is 1. The molecule has 94 valence electrons. The van der Waals surface area contributed by atoms with E-state index in [1.54, 1.807) is 0 Å². The van der Waals surface area contributed by atoms with Crippen LogP contribution in [0.4, 0.5) is 0 Å². The van der Waals surface area contributed by atoms with Crippen molar-refractivity contribution in [2.45, 2.75) is 46.1 Å². The zero-order valence-electron chi connectivity index (χ0n) is 11.4. The molecule has 0 spiro atoms. The standard InChI is InChI=1S/C16H25N/c1-4-8-17-16(15-10-13(15)3)11-14-7-5-6-12(2)9-14/h5-7,9,13,15-17H,4,8,10-11H2,1-3H3. The van der Waals surface area contributed by atoms with Gasteiger partial charge in [-0.1, -0.05) is 43.7 Å². The molecule has 0 heterocycles. The van der Waals surface area contributed by atoms with Crippen molar-refractivity contribution in [2.24, 2.45) is 11.8 Å². The number of aryl methyl sites for hydroxylation is 1. The molecule has 3 unspecified atom stereocenters. The molecule has 1 heteroatoms. The van der Waals surface area contributed by atoms with E-state index < -0.39 is 0 Å². The number of rotatable bonds is 6. The average molecular weight is 231 g/mol. The maximum Gasteiger partial charge on any atom is 0.0138 e. The van der Waals surface area contributed by atoms with Crippen LogP contribution in [-0.2, 0) is 6.42 Å². The van der Waals surface area contributed by atoms with E-state index in [9.17, 15) is 0 Å². The molecule has 1 aliphatic carbocycles. The molecule has 1 fully saturated rings. The summed E-state index contributed by atoms with van der Waals surface area (Å²) >= 11 is 0. The number of hydrogen-bond donors (Lipinski definition) is 1. The molecule has 3 atom stereocenters. The first kappa shape index (κ1) is 12.6. The van der Waals surface area contributed by atoms with Crippen molar-refractivity contribution in [1.82, 2.24) is 5.32 Å². The van der Waals surface area contributed by atoms with Gasteiger partial charge in [-0.25, -0.2) is 0 Å². The van der Waals surface area contributed by atoms with Gasteiger partial charge in [-0.2, -0.15) is 0 Å². The Kier molecular flexibility index (Phi) is 4.22. The van der Waals surface area contributed by atoms with Crippen LogP contribution in [-0.4, -0.2) is 12.6 Å². The molecule has 1 aliphatic rings. The largest absolute Gasteiger partial charge is 0.313 e. The molecule has 1 N–H and O–H groups in total. The maximum absolute atomic E-state index is 3.73. The molecule has 1 nitrogen and oxygen atoms in total. The van der Waals surface area contributed by atoms with Gasteiger partial charge < -0.3 is 5.32 Å². The lowest BCUT2D eigenvalue weighted by Crippen LogP contribution is -2.34. The van der Waals surface area contributed by atoms with Gasteiger partial charge in [0.1, 0.15) is 0 Å². The van der Waals surface area contributed by atoms with Gasteiger partial charge in [0.25, 0.3) is 0 Å². The smallest absolute Gasteiger partial charge is 0.0138 e. The van der Waals surface area contributed by atoms with Crippen molar-refractivity contribution in [2.75, 3.05) is 6.54 Å². The Bertz CT molecular complexity index is 358. The molecule has 0 aliphatic heterocycles. The van der Waals surface area contributed by atoms with Crippen LogP contribution in [0, 0.1) is 18.8 Å². The Balaban J connectivity index is 1.96. The summed E-state index contributed by atoms with van der Waals surface area (Å²) in [7, 11) is 0. The highest BCUT2D eigenvalue weighted by Gasteiger charge is 2.38. The first-order valence-electron chi connectivity index (χ1n) is 6.99. The lowest BCUT2D eigenvalue weighted by Gasteiger charge is -2.19. The second kappa shape index (κ2) is 5.68. The quantitative estimate of drug-likeness (QED) is 0.789. The molecule has 1 aromatic rings. The summed E-state index contributed by atoms with van der Waals surface area (Å²) in [6.45, 7) is 7.95. The fourth-order valence-electron chi connectivity index (χ4n) is 2.71. The molecular weight excluding hydrogens is 206 g/mol. The van der Waals surface area contributed by atoms with Crippen LogP contribution in [0.25, 0.3) is 0 Å². The lowest BCUT2D eigenvalue weighted by molar-refractivity contribution is 0.443. The van der Waals surface area contributed by atoms with Crippen LogP contribution >= 0.6 is 0 Å². The van der Waals surface area contributed by atoms with Gasteiger partial charge in [-0.3, -0.25) is 0 Å². The van der Waals surface area contributed by atoms with E-state index in [2.05, 4.69) is 50.4 Å². The third kappa shape index (κ3) is 3.57. The minimum Gasteiger partial charge on any atom is -0.313 e. The van der Waals surface area contributed by atoms with Crippen molar-refractivity contribution in [3.05, 3.63) is 35.4 Å². The average Bonchev–Trinajstić information content (AvgIpc) is 3.02. The first-order valence-corrected chi connectivity index (χ1v) is 6.99. The fourth-order valence-corrected chi connectivity index (χ4v) is 2.71. The molecule has 1 aromatic carbocycles. The van der Waals surface area contributed by atoms with E-state index in [0.29, 0.717) is 6.04 Å².